The van der Waals surface area contributed by atoms with Crippen LogP contribution in [0.3, 0.4) is 0 Å². The summed E-state index contributed by atoms with van der Waals surface area (Å²) in [6, 6.07) is 10.3. The van der Waals surface area contributed by atoms with Gasteiger partial charge in [0.25, 0.3) is 5.91 Å². The first-order valence-electron chi connectivity index (χ1n) is 6.30. The zero-order chi connectivity index (χ0) is 14.7. The van der Waals surface area contributed by atoms with Gasteiger partial charge in [0.15, 0.2) is 0 Å². The third-order valence-corrected chi connectivity index (χ3v) is 3.04. The van der Waals surface area contributed by atoms with E-state index in [-0.39, 0.29) is 11.8 Å². The molecular formula is C15H16ClN3O. The van der Waals surface area contributed by atoms with E-state index in [2.05, 4.69) is 10.3 Å². The van der Waals surface area contributed by atoms with Gasteiger partial charge in [-0.15, -0.1) is 0 Å². The van der Waals surface area contributed by atoms with Gasteiger partial charge >= 0.3 is 0 Å². The molecule has 2 aromatic rings. The highest BCUT2D eigenvalue weighted by molar-refractivity contribution is 6.30. The van der Waals surface area contributed by atoms with Crippen LogP contribution in [0.15, 0.2) is 36.4 Å². The molecule has 3 N–H and O–H groups in total. The smallest absolute Gasteiger partial charge is 0.255 e. The summed E-state index contributed by atoms with van der Waals surface area (Å²) < 4.78 is 0. The van der Waals surface area contributed by atoms with Crippen molar-refractivity contribution in [2.24, 2.45) is 0 Å². The van der Waals surface area contributed by atoms with Crippen molar-refractivity contribution in [2.45, 2.75) is 19.8 Å². The normalized spacial score (nSPS) is 10.6. The minimum atomic E-state index is -0.233. The van der Waals surface area contributed by atoms with E-state index in [4.69, 9.17) is 17.3 Å². The maximum Gasteiger partial charge on any atom is 0.255 e. The van der Waals surface area contributed by atoms with Crippen molar-refractivity contribution in [1.29, 1.82) is 0 Å². The predicted molar refractivity (Wildman–Crippen MR) is 82.1 cm³/mol. The quantitative estimate of drug-likeness (QED) is 0.905. The van der Waals surface area contributed by atoms with Crippen LogP contribution in [0.2, 0.25) is 5.02 Å². The van der Waals surface area contributed by atoms with Crippen molar-refractivity contribution in [1.82, 2.24) is 4.98 Å². The molecule has 104 valence electrons. The predicted octanol–water partition coefficient (Wildman–Crippen LogP) is 3.69. The highest BCUT2D eigenvalue weighted by Crippen LogP contribution is 2.19. The Labute approximate surface area is 123 Å². The summed E-state index contributed by atoms with van der Waals surface area (Å²) >= 11 is 5.89. The number of rotatable bonds is 3. The van der Waals surface area contributed by atoms with E-state index in [1.807, 2.05) is 13.8 Å². The van der Waals surface area contributed by atoms with E-state index < -0.39 is 0 Å². The van der Waals surface area contributed by atoms with Crippen LogP contribution in [0.25, 0.3) is 0 Å². The lowest BCUT2D eigenvalue weighted by Gasteiger charge is -2.10. The lowest BCUT2D eigenvalue weighted by molar-refractivity contribution is 0.102. The molecule has 0 bridgehead atoms. The van der Waals surface area contributed by atoms with Gasteiger partial charge in [0.1, 0.15) is 5.82 Å². The number of halogens is 1. The highest BCUT2D eigenvalue weighted by atomic mass is 35.5. The Morgan fingerprint density at radius 3 is 2.70 bits per heavy atom. The number of pyridine rings is 1. The Kier molecular flexibility index (Phi) is 4.25. The van der Waals surface area contributed by atoms with Gasteiger partial charge in [0.2, 0.25) is 0 Å². The number of benzene rings is 1. The van der Waals surface area contributed by atoms with E-state index >= 15 is 0 Å². The molecule has 1 amide bonds. The average molecular weight is 290 g/mol. The molecular weight excluding hydrogens is 274 g/mol. The zero-order valence-electron chi connectivity index (χ0n) is 11.4. The van der Waals surface area contributed by atoms with Gasteiger partial charge in [-0.1, -0.05) is 31.5 Å². The van der Waals surface area contributed by atoms with Crippen molar-refractivity contribution in [3.63, 3.8) is 0 Å². The second kappa shape index (κ2) is 5.92. The Balaban J connectivity index is 2.25. The molecule has 0 aliphatic heterocycles. The number of carbonyl (C=O) groups is 1. The van der Waals surface area contributed by atoms with Gasteiger partial charge < -0.3 is 11.1 Å². The summed E-state index contributed by atoms with van der Waals surface area (Å²) in [7, 11) is 0. The molecule has 20 heavy (non-hydrogen) atoms. The van der Waals surface area contributed by atoms with Crippen LogP contribution in [0.1, 0.15) is 35.8 Å². The van der Waals surface area contributed by atoms with E-state index in [1.54, 1.807) is 36.4 Å². The molecule has 0 fully saturated rings. The van der Waals surface area contributed by atoms with Crippen LogP contribution < -0.4 is 11.1 Å². The molecule has 1 heterocycles. The monoisotopic (exact) mass is 289 g/mol. The maximum atomic E-state index is 12.2. The number of hydrogen-bond acceptors (Lipinski definition) is 3. The summed E-state index contributed by atoms with van der Waals surface area (Å²) in [4.78, 5) is 16.4. The molecule has 2 rings (SSSR count). The van der Waals surface area contributed by atoms with Crippen LogP contribution >= 0.6 is 11.6 Å². The number of amides is 1. The number of aromatic nitrogens is 1. The first kappa shape index (κ1) is 14.3. The Bertz CT molecular complexity index is 641. The number of anilines is 2. The molecule has 0 radical (unpaired) electrons. The Hall–Kier alpha value is -2.07. The van der Waals surface area contributed by atoms with Crippen LogP contribution in [-0.4, -0.2) is 10.9 Å². The van der Waals surface area contributed by atoms with Crippen LogP contribution in [-0.2, 0) is 0 Å². The van der Waals surface area contributed by atoms with Crippen LogP contribution in [0.4, 0.5) is 11.5 Å². The van der Waals surface area contributed by atoms with Gasteiger partial charge in [0, 0.05) is 22.0 Å². The van der Waals surface area contributed by atoms with Gasteiger partial charge in [0.05, 0.1) is 0 Å². The van der Waals surface area contributed by atoms with E-state index in [0.717, 1.165) is 5.69 Å². The maximum absolute atomic E-state index is 12.2. The Morgan fingerprint density at radius 1 is 1.30 bits per heavy atom. The summed E-state index contributed by atoms with van der Waals surface area (Å²) in [5, 5.41) is 3.36. The third kappa shape index (κ3) is 3.48. The van der Waals surface area contributed by atoms with Gasteiger partial charge in [-0.3, -0.25) is 4.79 Å². The molecule has 0 aliphatic rings. The minimum Gasteiger partial charge on any atom is -0.384 e. The van der Waals surface area contributed by atoms with Crippen LogP contribution in [0.5, 0.6) is 0 Å². The van der Waals surface area contributed by atoms with Gasteiger partial charge in [-0.05, 0) is 36.2 Å². The van der Waals surface area contributed by atoms with E-state index in [1.165, 1.54) is 0 Å². The van der Waals surface area contributed by atoms with Crippen LogP contribution in [0, 0.1) is 0 Å². The number of carbonyl (C=O) groups excluding carboxylic acids is 1. The first-order valence-corrected chi connectivity index (χ1v) is 6.68. The molecule has 1 aromatic carbocycles. The Morgan fingerprint density at radius 2 is 2.05 bits per heavy atom. The SMILES string of the molecule is CC(C)c1cc(C(=O)Nc2cccc(Cl)c2)cc(N)n1. The lowest BCUT2D eigenvalue weighted by Crippen LogP contribution is -2.13. The molecule has 0 spiro atoms. The fourth-order valence-electron chi connectivity index (χ4n) is 1.77. The molecule has 0 saturated heterocycles. The summed E-state index contributed by atoms with van der Waals surface area (Å²) in [6.07, 6.45) is 0. The lowest BCUT2D eigenvalue weighted by atomic mass is 10.1. The van der Waals surface area contributed by atoms with Crippen molar-refractivity contribution in [3.05, 3.63) is 52.7 Å². The first-order chi connectivity index (χ1) is 9.45. The number of nitrogen functional groups attached to an aromatic ring is 1. The van der Waals surface area contributed by atoms with Crippen molar-refractivity contribution in [3.8, 4) is 0 Å². The molecule has 4 nitrogen and oxygen atoms in total. The standard InChI is InChI=1S/C15H16ClN3O/c1-9(2)13-6-10(7-14(17)19-13)15(20)18-12-5-3-4-11(16)8-12/h3-9H,1-2H3,(H2,17,19)(H,18,20). The molecule has 0 aliphatic carbocycles. The average Bonchev–Trinajstić information content (AvgIpc) is 2.37. The third-order valence-electron chi connectivity index (χ3n) is 2.80. The van der Waals surface area contributed by atoms with Crippen molar-refractivity contribution in [2.75, 3.05) is 11.1 Å². The summed E-state index contributed by atoms with van der Waals surface area (Å²) in [5.74, 6) is 0.312. The highest BCUT2D eigenvalue weighted by Gasteiger charge is 2.11. The fraction of sp³-hybridized carbons (Fsp3) is 0.200. The number of nitrogens with two attached hydrogens (primary N) is 1. The summed E-state index contributed by atoms with van der Waals surface area (Å²) in [6.45, 7) is 4.00. The summed E-state index contributed by atoms with van der Waals surface area (Å²) in [5.41, 5.74) is 7.66. The second-order valence-electron chi connectivity index (χ2n) is 4.82. The number of hydrogen-bond donors (Lipinski definition) is 2. The number of nitrogens with one attached hydrogen (secondary N) is 1. The second-order valence-corrected chi connectivity index (χ2v) is 5.26. The van der Waals surface area contributed by atoms with Crippen molar-refractivity contribution < 1.29 is 4.79 Å². The minimum absolute atomic E-state index is 0.205. The van der Waals surface area contributed by atoms with Gasteiger partial charge in [-0.25, -0.2) is 4.98 Å². The molecule has 5 heteroatoms. The zero-order valence-corrected chi connectivity index (χ0v) is 12.1. The fourth-order valence-corrected chi connectivity index (χ4v) is 1.96. The molecule has 0 saturated carbocycles. The van der Waals surface area contributed by atoms with Crippen molar-refractivity contribution >= 4 is 29.0 Å². The molecule has 1 aromatic heterocycles. The van der Waals surface area contributed by atoms with Gasteiger partial charge in [-0.2, -0.15) is 0 Å². The molecule has 0 atom stereocenters. The largest absolute Gasteiger partial charge is 0.384 e. The molecule has 0 unspecified atom stereocenters. The van der Waals surface area contributed by atoms with E-state index in [0.29, 0.717) is 22.1 Å². The number of nitrogens with zero attached hydrogens (tertiary/aromatic N) is 1. The van der Waals surface area contributed by atoms with E-state index in [9.17, 15) is 4.79 Å². The topological polar surface area (TPSA) is 68.0 Å².